The first kappa shape index (κ1) is 20.4. The summed E-state index contributed by atoms with van der Waals surface area (Å²) < 4.78 is 18.1. The van der Waals surface area contributed by atoms with Gasteiger partial charge in [-0.3, -0.25) is 19.7 Å². The molecule has 0 aliphatic heterocycles. The van der Waals surface area contributed by atoms with Crippen molar-refractivity contribution in [3.05, 3.63) is 63.5 Å². The molecule has 0 heterocycles. The fraction of sp³-hybridized carbons (Fsp3) is 0.222. The smallest absolute Gasteiger partial charge is 0.316 e. The maximum atomic E-state index is 13.3. The Morgan fingerprint density at radius 1 is 1.22 bits per heavy atom. The van der Waals surface area contributed by atoms with Crippen LogP contribution in [0.1, 0.15) is 11.1 Å². The standard InChI is InChI=1S/C18H17FN2O5S/c1-11-3-6-16(12(2)7-11)27-10-18(23)26-9-17(22)20-13-4-5-14(19)15(8-13)21(24)25/h3-8H,9-10H2,1-2H3,(H,20,22). The molecule has 0 bridgehead atoms. The van der Waals surface area contributed by atoms with E-state index in [1.54, 1.807) is 0 Å². The zero-order valence-electron chi connectivity index (χ0n) is 14.7. The first-order valence-corrected chi connectivity index (χ1v) is 8.84. The van der Waals surface area contributed by atoms with Crippen molar-refractivity contribution in [3.63, 3.8) is 0 Å². The Balaban J connectivity index is 1.82. The molecule has 0 aromatic heterocycles. The number of nitro groups is 1. The molecule has 0 atom stereocenters. The van der Waals surface area contributed by atoms with E-state index in [1.807, 2.05) is 32.0 Å². The molecule has 2 rings (SSSR count). The topological polar surface area (TPSA) is 98.5 Å². The molecule has 142 valence electrons. The maximum Gasteiger partial charge on any atom is 0.316 e. The lowest BCUT2D eigenvalue weighted by atomic mass is 10.2. The van der Waals surface area contributed by atoms with Gasteiger partial charge in [-0.25, -0.2) is 0 Å². The van der Waals surface area contributed by atoms with Gasteiger partial charge in [-0.2, -0.15) is 4.39 Å². The van der Waals surface area contributed by atoms with Crippen LogP contribution in [-0.4, -0.2) is 29.2 Å². The predicted molar refractivity (Wildman–Crippen MR) is 99.3 cm³/mol. The average molecular weight is 392 g/mol. The summed E-state index contributed by atoms with van der Waals surface area (Å²) >= 11 is 1.30. The molecular formula is C18H17FN2O5S. The fourth-order valence-electron chi connectivity index (χ4n) is 2.21. The van der Waals surface area contributed by atoms with Crippen molar-refractivity contribution in [2.24, 2.45) is 0 Å². The second kappa shape index (κ2) is 9.13. The van der Waals surface area contributed by atoms with Crippen molar-refractivity contribution in [2.75, 3.05) is 17.7 Å². The van der Waals surface area contributed by atoms with Crippen LogP contribution >= 0.6 is 11.8 Å². The van der Waals surface area contributed by atoms with E-state index in [9.17, 15) is 24.1 Å². The number of thioether (sulfide) groups is 1. The Bertz CT molecular complexity index is 888. The van der Waals surface area contributed by atoms with Gasteiger partial charge in [0.25, 0.3) is 5.91 Å². The summed E-state index contributed by atoms with van der Waals surface area (Å²) in [5.41, 5.74) is 1.45. The van der Waals surface area contributed by atoms with Crippen LogP contribution in [0.4, 0.5) is 15.8 Å². The lowest BCUT2D eigenvalue weighted by molar-refractivity contribution is -0.387. The van der Waals surface area contributed by atoms with Gasteiger partial charge < -0.3 is 10.1 Å². The van der Waals surface area contributed by atoms with Crippen LogP contribution in [0.15, 0.2) is 41.3 Å². The van der Waals surface area contributed by atoms with Crippen molar-refractivity contribution in [3.8, 4) is 0 Å². The van der Waals surface area contributed by atoms with Crippen molar-refractivity contribution < 1.29 is 23.6 Å². The van der Waals surface area contributed by atoms with Gasteiger partial charge in [0.1, 0.15) is 0 Å². The van der Waals surface area contributed by atoms with Crippen molar-refractivity contribution >= 4 is 35.0 Å². The Morgan fingerprint density at radius 3 is 2.63 bits per heavy atom. The fourth-order valence-corrected chi connectivity index (χ4v) is 3.02. The van der Waals surface area contributed by atoms with Crippen LogP contribution in [0.5, 0.6) is 0 Å². The summed E-state index contributed by atoms with van der Waals surface area (Å²) in [6, 6.07) is 8.80. The van der Waals surface area contributed by atoms with Crippen LogP contribution in [0.25, 0.3) is 0 Å². The van der Waals surface area contributed by atoms with Crippen LogP contribution in [0, 0.1) is 29.8 Å². The van der Waals surface area contributed by atoms with Gasteiger partial charge >= 0.3 is 11.7 Å². The Hall–Kier alpha value is -2.94. The number of hydrogen-bond acceptors (Lipinski definition) is 6. The molecule has 0 aliphatic carbocycles. The number of amides is 1. The van der Waals surface area contributed by atoms with E-state index >= 15 is 0 Å². The number of anilines is 1. The van der Waals surface area contributed by atoms with Gasteiger partial charge in [0.2, 0.25) is 5.82 Å². The highest BCUT2D eigenvalue weighted by Crippen LogP contribution is 2.23. The number of carbonyl (C=O) groups excluding carboxylic acids is 2. The highest BCUT2D eigenvalue weighted by Gasteiger charge is 2.16. The van der Waals surface area contributed by atoms with Gasteiger partial charge in [-0.1, -0.05) is 17.7 Å². The van der Waals surface area contributed by atoms with E-state index < -0.39 is 34.9 Å². The molecule has 0 saturated carbocycles. The predicted octanol–water partition coefficient (Wildman–Crippen LogP) is 3.62. The Kier molecular flexibility index (Phi) is 6.89. The molecular weight excluding hydrogens is 375 g/mol. The minimum Gasteiger partial charge on any atom is -0.455 e. The van der Waals surface area contributed by atoms with E-state index in [2.05, 4.69) is 5.32 Å². The summed E-state index contributed by atoms with van der Waals surface area (Å²) in [5.74, 6) is -2.21. The highest BCUT2D eigenvalue weighted by atomic mass is 32.2. The monoisotopic (exact) mass is 392 g/mol. The highest BCUT2D eigenvalue weighted by molar-refractivity contribution is 8.00. The molecule has 2 aromatic carbocycles. The zero-order chi connectivity index (χ0) is 20.0. The number of nitrogens with one attached hydrogen (secondary N) is 1. The number of halogens is 1. The number of nitro benzene ring substituents is 1. The lowest BCUT2D eigenvalue weighted by Gasteiger charge is -2.08. The molecule has 0 unspecified atom stereocenters. The van der Waals surface area contributed by atoms with Crippen molar-refractivity contribution in [1.82, 2.24) is 0 Å². The van der Waals surface area contributed by atoms with Gasteiger partial charge in [-0.05, 0) is 37.6 Å². The van der Waals surface area contributed by atoms with E-state index in [-0.39, 0.29) is 11.4 Å². The first-order valence-electron chi connectivity index (χ1n) is 7.85. The number of benzene rings is 2. The Morgan fingerprint density at radius 2 is 1.96 bits per heavy atom. The SMILES string of the molecule is Cc1ccc(SCC(=O)OCC(=O)Nc2ccc(F)c([N+](=O)[O-])c2)c(C)c1. The quantitative estimate of drug-likeness (QED) is 0.334. The third kappa shape index (κ3) is 6.07. The van der Waals surface area contributed by atoms with Crippen LogP contribution in [0.3, 0.4) is 0 Å². The normalized spacial score (nSPS) is 10.3. The second-order valence-corrected chi connectivity index (χ2v) is 6.71. The van der Waals surface area contributed by atoms with Crippen LogP contribution in [-0.2, 0) is 14.3 Å². The summed E-state index contributed by atoms with van der Waals surface area (Å²) in [7, 11) is 0. The second-order valence-electron chi connectivity index (χ2n) is 5.69. The molecule has 0 fully saturated rings. The molecule has 0 spiro atoms. The number of esters is 1. The molecule has 0 saturated heterocycles. The molecule has 1 N–H and O–H groups in total. The van der Waals surface area contributed by atoms with E-state index in [1.165, 1.54) is 17.8 Å². The molecule has 1 amide bonds. The third-order valence-electron chi connectivity index (χ3n) is 3.47. The molecule has 27 heavy (non-hydrogen) atoms. The van der Waals surface area contributed by atoms with Crippen molar-refractivity contribution in [2.45, 2.75) is 18.7 Å². The van der Waals surface area contributed by atoms with E-state index in [4.69, 9.17) is 4.74 Å². The lowest BCUT2D eigenvalue weighted by Crippen LogP contribution is -2.21. The minimum atomic E-state index is -1.01. The summed E-state index contributed by atoms with van der Waals surface area (Å²) in [5, 5.41) is 13.0. The molecule has 7 nitrogen and oxygen atoms in total. The van der Waals surface area contributed by atoms with Gasteiger partial charge in [0, 0.05) is 16.6 Å². The third-order valence-corrected chi connectivity index (χ3v) is 4.62. The first-order chi connectivity index (χ1) is 12.8. The molecule has 9 heteroatoms. The number of nitrogens with zero attached hydrogens (tertiary/aromatic N) is 1. The molecule has 0 radical (unpaired) electrons. The minimum absolute atomic E-state index is 0.0359. The van der Waals surface area contributed by atoms with Gasteiger partial charge in [0.05, 0.1) is 10.7 Å². The molecule has 2 aromatic rings. The summed E-state index contributed by atoms with van der Waals surface area (Å²) in [4.78, 5) is 34.3. The van der Waals surface area contributed by atoms with E-state index in [0.29, 0.717) is 0 Å². The number of ether oxygens (including phenoxy) is 1. The number of aryl methyl sites for hydroxylation is 2. The Labute approximate surface area is 159 Å². The maximum absolute atomic E-state index is 13.3. The van der Waals surface area contributed by atoms with Crippen LogP contribution in [0.2, 0.25) is 0 Å². The largest absolute Gasteiger partial charge is 0.455 e. The molecule has 0 aliphatic rings. The van der Waals surface area contributed by atoms with Gasteiger partial charge in [0.15, 0.2) is 6.61 Å². The number of rotatable bonds is 7. The summed E-state index contributed by atoms with van der Waals surface area (Å²) in [6.07, 6.45) is 0. The van der Waals surface area contributed by atoms with E-state index in [0.717, 1.165) is 28.2 Å². The van der Waals surface area contributed by atoms with Crippen LogP contribution < -0.4 is 5.32 Å². The van der Waals surface area contributed by atoms with Crippen molar-refractivity contribution in [1.29, 1.82) is 0 Å². The summed E-state index contributed by atoms with van der Waals surface area (Å²) in [6.45, 7) is 3.37. The van der Waals surface area contributed by atoms with Gasteiger partial charge in [-0.15, -0.1) is 11.8 Å². The average Bonchev–Trinajstić information content (AvgIpc) is 2.60. The zero-order valence-corrected chi connectivity index (χ0v) is 15.5. The number of carbonyl (C=O) groups is 2. The number of hydrogen-bond donors (Lipinski definition) is 1.